The number of aliphatic carboxylic acids is 2. The Labute approximate surface area is 119 Å². The van der Waals surface area contributed by atoms with E-state index >= 15 is 0 Å². The summed E-state index contributed by atoms with van der Waals surface area (Å²) < 4.78 is 4.85. The number of nitrogens with zero attached hydrogens (tertiary/aromatic N) is 1. The number of nitrogens with two attached hydrogens (primary N) is 1. The Morgan fingerprint density at radius 1 is 1.43 bits per heavy atom. The van der Waals surface area contributed by atoms with Crippen molar-refractivity contribution in [3.05, 3.63) is 33.9 Å². The molecule has 0 amide bonds. The number of hydrogen-bond donors (Lipinski definition) is 3. The third-order valence-corrected chi connectivity index (χ3v) is 2.63. The van der Waals surface area contributed by atoms with Gasteiger partial charge in [0.25, 0.3) is 0 Å². The molecule has 0 aromatic heterocycles. The van der Waals surface area contributed by atoms with Crippen LogP contribution in [0.1, 0.15) is 12.5 Å². The zero-order chi connectivity index (χ0) is 16.2. The number of ether oxygens (including phenoxy) is 1. The first-order chi connectivity index (χ1) is 9.63. The van der Waals surface area contributed by atoms with Crippen LogP contribution in [0, 0.1) is 10.1 Å². The van der Waals surface area contributed by atoms with E-state index in [-0.39, 0.29) is 12.2 Å². The molecule has 21 heavy (non-hydrogen) atoms. The minimum Gasteiger partial charge on any atom is -0.480 e. The molecule has 0 aliphatic rings. The Bertz CT molecular complexity index is 583. The Hall–Kier alpha value is -2.68. The maximum atomic E-state index is 11.0. The second-order valence-electron chi connectivity index (χ2n) is 4.64. The highest BCUT2D eigenvalue weighted by molar-refractivity contribution is 5.78. The van der Waals surface area contributed by atoms with Crippen molar-refractivity contribution < 1.29 is 29.5 Å². The molecular formula is C12H14N2O7. The summed E-state index contributed by atoms with van der Waals surface area (Å²) in [5.74, 6) is -2.76. The van der Waals surface area contributed by atoms with Gasteiger partial charge in [0, 0.05) is 12.5 Å². The van der Waals surface area contributed by atoms with Crippen LogP contribution in [-0.4, -0.2) is 39.2 Å². The van der Waals surface area contributed by atoms with E-state index in [1.165, 1.54) is 19.1 Å². The molecule has 9 heteroatoms. The van der Waals surface area contributed by atoms with E-state index in [1.807, 2.05) is 0 Å². The molecule has 0 bridgehead atoms. The fourth-order valence-corrected chi connectivity index (χ4v) is 1.57. The smallest absolute Gasteiger partial charge is 0.341 e. The molecule has 1 atom stereocenters. The van der Waals surface area contributed by atoms with Crippen LogP contribution in [0.2, 0.25) is 0 Å². The van der Waals surface area contributed by atoms with Crippen molar-refractivity contribution in [3.63, 3.8) is 0 Å². The van der Waals surface area contributed by atoms with Crippen LogP contribution in [0.15, 0.2) is 18.2 Å². The highest BCUT2D eigenvalue weighted by atomic mass is 16.6. The first-order valence-corrected chi connectivity index (χ1v) is 5.77. The van der Waals surface area contributed by atoms with Gasteiger partial charge < -0.3 is 20.7 Å². The van der Waals surface area contributed by atoms with Crippen molar-refractivity contribution in [2.45, 2.75) is 18.9 Å². The van der Waals surface area contributed by atoms with Crippen LogP contribution >= 0.6 is 0 Å². The molecule has 0 saturated carbocycles. The highest BCUT2D eigenvalue weighted by Gasteiger charge is 2.29. The second kappa shape index (κ2) is 6.18. The van der Waals surface area contributed by atoms with E-state index in [0.717, 1.165) is 6.07 Å². The van der Waals surface area contributed by atoms with Gasteiger partial charge >= 0.3 is 17.6 Å². The van der Waals surface area contributed by atoms with E-state index in [0.29, 0.717) is 5.56 Å². The Kier molecular flexibility index (Phi) is 4.82. The Morgan fingerprint density at radius 2 is 2.05 bits per heavy atom. The fourth-order valence-electron chi connectivity index (χ4n) is 1.57. The van der Waals surface area contributed by atoms with Crippen LogP contribution in [0.4, 0.5) is 5.69 Å². The summed E-state index contributed by atoms with van der Waals surface area (Å²) in [4.78, 5) is 31.5. The van der Waals surface area contributed by atoms with Crippen LogP contribution in [0.25, 0.3) is 0 Å². The normalized spacial score (nSPS) is 13.2. The van der Waals surface area contributed by atoms with Gasteiger partial charge in [-0.3, -0.25) is 14.9 Å². The average molecular weight is 298 g/mol. The maximum absolute atomic E-state index is 11.0. The van der Waals surface area contributed by atoms with E-state index in [2.05, 4.69) is 0 Å². The van der Waals surface area contributed by atoms with Crippen molar-refractivity contribution in [2.75, 3.05) is 6.61 Å². The zero-order valence-corrected chi connectivity index (χ0v) is 11.1. The predicted molar refractivity (Wildman–Crippen MR) is 70.2 cm³/mol. The Morgan fingerprint density at radius 3 is 2.52 bits per heavy atom. The number of nitro groups is 1. The van der Waals surface area contributed by atoms with Crippen molar-refractivity contribution in [2.24, 2.45) is 5.73 Å². The molecule has 0 saturated heterocycles. The number of carboxylic acid groups (broad SMARTS) is 2. The summed E-state index contributed by atoms with van der Waals surface area (Å²) in [7, 11) is 0. The van der Waals surface area contributed by atoms with Crippen molar-refractivity contribution in [1.29, 1.82) is 0 Å². The van der Waals surface area contributed by atoms with E-state index in [1.54, 1.807) is 0 Å². The number of nitro benzene ring substituents is 1. The summed E-state index contributed by atoms with van der Waals surface area (Å²) >= 11 is 0. The highest BCUT2D eigenvalue weighted by Crippen LogP contribution is 2.29. The van der Waals surface area contributed by atoms with E-state index in [4.69, 9.17) is 20.7 Å². The lowest BCUT2D eigenvalue weighted by Gasteiger charge is -2.19. The lowest BCUT2D eigenvalue weighted by atomic mass is 9.94. The minimum atomic E-state index is -1.56. The first-order valence-electron chi connectivity index (χ1n) is 5.77. The zero-order valence-electron chi connectivity index (χ0n) is 11.1. The number of carboxylic acids is 2. The SMILES string of the molecule is CC(N)(Cc1ccc([N+](=O)[O-])c(OCC(=O)O)c1)C(=O)O. The molecule has 1 unspecified atom stereocenters. The standard InChI is InChI=1S/C12H14N2O7/c1-12(13,11(17)18)5-7-2-3-8(14(19)20)9(4-7)21-6-10(15)16/h2-4H,5-6,13H2,1H3,(H,15,16)(H,17,18). The van der Waals surface area contributed by atoms with Gasteiger partial charge in [-0.25, -0.2) is 4.79 Å². The molecule has 9 nitrogen and oxygen atoms in total. The largest absolute Gasteiger partial charge is 0.480 e. The lowest BCUT2D eigenvalue weighted by molar-refractivity contribution is -0.385. The molecule has 4 N–H and O–H groups in total. The second-order valence-corrected chi connectivity index (χ2v) is 4.64. The van der Waals surface area contributed by atoms with Crippen molar-refractivity contribution in [3.8, 4) is 5.75 Å². The van der Waals surface area contributed by atoms with Crippen LogP contribution in [0.3, 0.4) is 0 Å². The third-order valence-electron chi connectivity index (χ3n) is 2.63. The van der Waals surface area contributed by atoms with Gasteiger partial charge in [-0.1, -0.05) is 6.07 Å². The molecule has 0 spiro atoms. The summed E-state index contributed by atoms with van der Waals surface area (Å²) in [5.41, 5.74) is 4.01. The van der Waals surface area contributed by atoms with Crippen molar-refractivity contribution >= 4 is 17.6 Å². The quantitative estimate of drug-likeness (QED) is 0.483. The lowest BCUT2D eigenvalue weighted by Crippen LogP contribution is -2.46. The molecule has 0 aliphatic heterocycles. The Balaban J connectivity index is 3.09. The van der Waals surface area contributed by atoms with Gasteiger partial charge in [-0.15, -0.1) is 0 Å². The fraction of sp³-hybridized carbons (Fsp3) is 0.333. The molecule has 0 radical (unpaired) electrons. The van der Waals surface area contributed by atoms with E-state index in [9.17, 15) is 19.7 Å². The van der Waals surface area contributed by atoms with Crippen molar-refractivity contribution in [1.82, 2.24) is 0 Å². The minimum absolute atomic E-state index is 0.0935. The van der Waals surface area contributed by atoms with Crippen LogP contribution in [-0.2, 0) is 16.0 Å². The predicted octanol–water partition coefficient (Wildman–Crippen LogP) is 0.403. The van der Waals surface area contributed by atoms with Crippen LogP contribution in [0.5, 0.6) is 5.75 Å². The van der Waals surface area contributed by atoms with Gasteiger partial charge in [0.05, 0.1) is 4.92 Å². The summed E-state index contributed by atoms with van der Waals surface area (Å²) in [6.07, 6.45) is -0.0935. The van der Waals surface area contributed by atoms with Crippen LogP contribution < -0.4 is 10.5 Å². The average Bonchev–Trinajstić information content (AvgIpc) is 2.35. The number of rotatable bonds is 7. The maximum Gasteiger partial charge on any atom is 0.341 e. The van der Waals surface area contributed by atoms with E-state index < -0.39 is 34.7 Å². The van der Waals surface area contributed by atoms with Gasteiger partial charge in [-0.2, -0.15) is 0 Å². The summed E-state index contributed by atoms with van der Waals surface area (Å²) in [6, 6.07) is 3.68. The van der Waals surface area contributed by atoms with Gasteiger partial charge in [-0.05, 0) is 18.6 Å². The number of benzene rings is 1. The first kappa shape index (κ1) is 16.4. The molecule has 114 valence electrons. The number of carbonyl (C=O) groups is 2. The summed E-state index contributed by atoms with van der Waals surface area (Å²) in [6.45, 7) is 0.553. The van der Waals surface area contributed by atoms with Gasteiger partial charge in [0.15, 0.2) is 12.4 Å². The molecule has 0 heterocycles. The molecule has 0 fully saturated rings. The van der Waals surface area contributed by atoms with Gasteiger partial charge in [0.1, 0.15) is 5.54 Å². The molecule has 0 aliphatic carbocycles. The number of hydrogen-bond acceptors (Lipinski definition) is 6. The molecule has 1 aromatic rings. The third kappa shape index (κ3) is 4.42. The topological polar surface area (TPSA) is 153 Å². The monoisotopic (exact) mass is 298 g/mol. The molecular weight excluding hydrogens is 284 g/mol. The molecule has 1 aromatic carbocycles. The van der Waals surface area contributed by atoms with Gasteiger partial charge in [0.2, 0.25) is 0 Å². The molecule has 1 rings (SSSR count). The summed E-state index contributed by atoms with van der Waals surface area (Å²) in [5, 5.41) is 28.3.